The lowest BCUT2D eigenvalue weighted by Crippen LogP contribution is -2.22. The molecule has 2 aromatic carbocycles. The standard InChI is InChI=1S/C17H21NOS/c1-12-7-6-8-14(11-12)17(13(2)18)20-16-10-5-4-9-15(16)19-3/h4-11,13,17H,18H2,1-3H3. The molecule has 2 unspecified atom stereocenters. The molecule has 0 saturated carbocycles. The molecule has 3 heteroatoms. The number of aryl methyl sites for hydroxylation is 1. The first-order valence-corrected chi connectivity index (χ1v) is 7.61. The number of para-hydroxylation sites is 1. The number of rotatable bonds is 5. The Hall–Kier alpha value is -1.45. The lowest BCUT2D eigenvalue weighted by atomic mass is 10.0. The van der Waals surface area contributed by atoms with Crippen LogP contribution in [-0.4, -0.2) is 13.2 Å². The molecule has 2 atom stereocenters. The highest BCUT2D eigenvalue weighted by molar-refractivity contribution is 7.99. The van der Waals surface area contributed by atoms with Crippen LogP contribution in [0.2, 0.25) is 0 Å². The van der Waals surface area contributed by atoms with Gasteiger partial charge in [0.25, 0.3) is 0 Å². The van der Waals surface area contributed by atoms with Gasteiger partial charge in [0.05, 0.1) is 7.11 Å². The van der Waals surface area contributed by atoms with Gasteiger partial charge in [0.2, 0.25) is 0 Å². The maximum Gasteiger partial charge on any atom is 0.132 e. The van der Waals surface area contributed by atoms with Gasteiger partial charge in [-0.1, -0.05) is 42.0 Å². The van der Waals surface area contributed by atoms with Crippen LogP contribution in [0.25, 0.3) is 0 Å². The first-order chi connectivity index (χ1) is 9.61. The molecule has 0 saturated heterocycles. The Balaban J connectivity index is 2.31. The second-order valence-electron chi connectivity index (χ2n) is 4.96. The molecule has 0 aliphatic rings. The molecular weight excluding hydrogens is 266 g/mol. The van der Waals surface area contributed by atoms with Crippen LogP contribution in [0.15, 0.2) is 53.4 Å². The molecule has 20 heavy (non-hydrogen) atoms. The van der Waals surface area contributed by atoms with E-state index >= 15 is 0 Å². The molecule has 0 fully saturated rings. The number of nitrogens with two attached hydrogens (primary N) is 1. The third-order valence-corrected chi connectivity index (χ3v) is 4.72. The van der Waals surface area contributed by atoms with Crippen molar-refractivity contribution in [3.05, 3.63) is 59.7 Å². The number of benzene rings is 2. The van der Waals surface area contributed by atoms with Crippen LogP contribution in [0.5, 0.6) is 5.75 Å². The highest BCUT2D eigenvalue weighted by atomic mass is 32.2. The number of thioether (sulfide) groups is 1. The van der Waals surface area contributed by atoms with Gasteiger partial charge in [0, 0.05) is 16.2 Å². The van der Waals surface area contributed by atoms with Crippen molar-refractivity contribution >= 4 is 11.8 Å². The van der Waals surface area contributed by atoms with Gasteiger partial charge in [-0.2, -0.15) is 0 Å². The molecule has 0 radical (unpaired) electrons. The van der Waals surface area contributed by atoms with E-state index in [1.165, 1.54) is 11.1 Å². The minimum absolute atomic E-state index is 0.0618. The molecule has 0 heterocycles. The molecule has 106 valence electrons. The normalized spacial score (nSPS) is 13.8. The Morgan fingerprint density at radius 3 is 2.50 bits per heavy atom. The fourth-order valence-electron chi connectivity index (χ4n) is 2.18. The second kappa shape index (κ2) is 6.82. The van der Waals surface area contributed by atoms with E-state index in [1.807, 2.05) is 18.2 Å². The summed E-state index contributed by atoms with van der Waals surface area (Å²) in [6, 6.07) is 16.7. The van der Waals surface area contributed by atoms with E-state index in [0.29, 0.717) is 0 Å². The maximum absolute atomic E-state index is 6.20. The van der Waals surface area contributed by atoms with E-state index in [0.717, 1.165) is 10.6 Å². The number of ether oxygens (including phenoxy) is 1. The summed E-state index contributed by atoms with van der Waals surface area (Å²) in [5.41, 5.74) is 8.71. The number of methoxy groups -OCH3 is 1. The van der Waals surface area contributed by atoms with Crippen molar-refractivity contribution in [2.75, 3.05) is 7.11 Å². The quantitative estimate of drug-likeness (QED) is 0.838. The zero-order valence-corrected chi connectivity index (χ0v) is 13.0. The number of hydrogen-bond donors (Lipinski definition) is 1. The lowest BCUT2D eigenvalue weighted by molar-refractivity contribution is 0.404. The average molecular weight is 287 g/mol. The van der Waals surface area contributed by atoms with E-state index in [1.54, 1.807) is 18.9 Å². The van der Waals surface area contributed by atoms with Crippen LogP contribution in [0.4, 0.5) is 0 Å². The van der Waals surface area contributed by atoms with Gasteiger partial charge in [-0.05, 0) is 31.5 Å². The largest absolute Gasteiger partial charge is 0.496 e. The molecule has 0 aliphatic carbocycles. The summed E-state index contributed by atoms with van der Waals surface area (Å²) < 4.78 is 5.42. The Labute approximate surface area is 125 Å². The van der Waals surface area contributed by atoms with Crippen molar-refractivity contribution < 1.29 is 4.74 Å². The van der Waals surface area contributed by atoms with Crippen molar-refractivity contribution in [1.82, 2.24) is 0 Å². The monoisotopic (exact) mass is 287 g/mol. The Kier molecular flexibility index (Phi) is 5.10. The van der Waals surface area contributed by atoms with Crippen LogP contribution in [-0.2, 0) is 0 Å². The SMILES string of the molecule is COc1ccccc1SC(c1cccc(C)c1)C(C)N. The van der Waals surface area contributed by atoms with Crippen LogP contribution < -0.4 is 10.5 Å². The predicted octanol–water partition coefficient (Wildman–Crippen LogP) is 4.18. The maximum atomic E-state index is 6.20. The smallest absolute Gasteiger partial charge is 0.132 e. The van der Waals surface area contributed by atoms with E-state index < -0.39 is 0 Å². The van der Waals surface area contributed by atoms with Crippen molar-refractivity contribution in [2.45, 2.75) is 30.0 Å². The van der Waals surface area contributed by atoms with Crippen LogP contribution in [0.1, 0.15) is 23.3 Å². The van der Waals surface area contributed by atoms with Gasteiger partial charge >= 0.3 is 0 Å². The second-order valence-corrected chi connectivity index (χ2v) is 6.15. The molecule has 2 nitrogen and oxygen atoms in total. The first kappa shape index (κ1) is 14.9. The number of hydrogen-bond acceptors (Lipinski definition) is 3. The van der Waals surface area contributed by atoms with Gasteiger partial charge in [-0.15, -0.1) is 11.8 Å². The molecule has 0 aliphatic heterocycles. The Bertz CT molecular complexity index is 568. The molecule has 2 rings (SSSR count). The highest BCUT2D eigenvalue weighted by Gasteiger charge is 2.19. The van der Waals surface area contributed by atoms with E-state index in [4.69, 9.17) is 10.5 Å². The van der Waals surface area contributed by atoms with E-state index in [2.05, 4.69) is 44.2 Å². The van der Waals surface area contributed by atoms with Crippen molar-refractivity contribution in [1.29, 1.82) is 0 Å². The molecule has 2 aromatic rings. The molecule has 2 N–H and O–H groups in total. The third-order valence-electron chi connectivity index (χ3n) is 3.17. The predicted molar refractivity (Wildman–Crippen MR) is 86.4 cm³/mol. The van der Waals surface area contributed by atoms with E-state index in [-0.39, 0.29) is 11.3 Å². The summed E-state index contributed by atoms with van der Waals surface area (Å²) in [5.74, 6) is 0.899. The zero-order chi connectivity index (χ0) is 14.5. The minimum Gasteiger partial charge on any atom is -0.496 e. The molecular formula is C17H21NOS. The molecule has 0 spiro atoms. The highest BCUT2D eigenvalue weighted by Crippen LogP contribution is 2.41. The summed E-state index contributed by atoms with van der Waals surface area (Å²) in [6.45, 7) is 4.16. The fourth-order valence-corrected chi connectivity index (χ4v) is 3.37. The average Bonchev–Trinajstić information content (AvgIpc) is 2.44. The summed E-state index contributed by atoms with van der Waals surface area (Å²) in [4.78, 5) is 1.12. The summed E-state index contributed by atoms with van der Waals surface area (Å²) in [6.07, 6.45) is 0. The van der Waals surface area contributed by atoms with Crippen molar-refractivity contribution in [3.63, 3.8) is 0 Å². The van der Waals surface area contributed by atoms with Gasteiger partial charge in [-0.25, -0.2) is 0 Å². The van der Waals surface area contributed by atoms with Crippen molar-refractivity contribution in [2.24, 2.45) is 5.73 Å². The molecule has 0 aromatic heterocycles. The Morgan fingerprint density at radius 1 is 1.10 bits per heavy atom. The molecule has 0 bridgehead atoms. The minimum atomic E-state index is 0.0618. The van der Waals surface area contributed by atoms with Crippen LogP contribution in [0, 0.1) is 6.92 Å². The van der Waals surface area contributed by atoms with Crippen LogP contribution in [0.3, 0.4) is 0 Å². The Morgan fingerprint density at radius 2 is 1.85 bits per heavy atom. The van der Waals surface area contributed by atoms with Gasteiger partial charge in [0.1, 0.15) is 5.75 Å². The summed E-state index contributed by atoms with van der Waals surface area (Å²) in [7, 11) is 1.70. The fraction of sp³-hybridized carbons (Fsp3) is 0.294. The van der Waals surface area contributed by atoms with Gasteiger partial charge in [0.15, 0.2) is 0 Å². The molecule has 0 amide bonds. The topological polar surface area (TPSA) is 35.2 Å². The van der Waals surface area contributed by atoms with Crippen molar-refractivity contribution in [3.8, 4) is 5.75 Å². The zero-order valence-electron chi connectivity index (χ0n) is 12.2. The van der Waals surface area contributed by atoms with Gasteiger partial charge < -0.3 is 10.5 Å². The first-order valence-electron chi connectivity index (χ1n) is 6.73. The third kappa shape index (κ3) is 3.56. The summed E-state index contributed by atoms with van der Waals surface area (Å²) in [5, 5.41) is 0.214. The van der Waals surface area contributed by atoms with Crippen LogP contribution >= 0.6 is 11.8 Å². The summed E-state index contributed by atoms with van der Waals surface area (Å²) >= 11 is 1.76. The lowest BCUT2D eigenvalue weighted by Gasteiger charge is -2.22. The van der Waals surface area contributed by atoms with Gasteiger partial charge in [-0.3, -0.25) is 0 Å². The van der Waals surface area contributed by atoms with E-state index in [9.17, 15) is 0 Å².